The van der Waals surface area contributed by atoms with Crippen LogP contribution in [0.4, 0.5) is 5.69 Å². The molecule has 0 bridgehead atoms. The highest BCUT2D eigenvalue weighted by Crippen LogP contribution is 2.29. The smallest absolute Gasteiger partial charge is 0.255 e. The largest absolute Gasteiger partial charge is 0.489 e. The number of hydrogen-bond acceptors (Lipinski definition) is 6. The number of piperazine rings is 1. The Morgan fingerprint density at radius 3 is 2.88 bits per heavy atom. The molecular weight excluding hydrogens is 470 g/mol. The molecule has 2 amide bonds. The molecule has 0 aromatic heterocycles. The average molecular weight is 494 g/mol. The van der Waals surface area contributed by atoms with Gasteiger partial charge in [-0.1, -0.05) is 17.7 Å². The quantitative estimate of drug-likeness (QED) is 0.611. The molecule has 0 spiro atoms. The van der Waals surface area contributed by atoms with E-state index in [-0.39, 0.29) is 42.1 Å². The molecule has 9 nitrogen and oxygen atoms in total. The third-order valence-electron chi connectivity index (χ3n) is 5.38. The van der Waals surface area contributed by atoms with E-state index in [2.05, 4.69) is 10.6 Å². The summed E-state index contributed by atoms with van der Waals surface area (Å²) in [4.78, 5) is 24.5. The van der Waals surface area contributed by atoms with Gasteiger partial charge in [-0.2, -0.15) is 4.31 Å². The van der Waals surface area contributed by atoms with E-state index in [1.807, 2.05) is 0 Å². The predicted molar refractivity (Wildman–Crippen MR) is 122 cm³/mol. The van der Waals surface area contributed by atoms with Crippen molar-refractivity contribution in [1.29, 1.82) is 0 Å². The van der Waals surface area contributed by atoms with Crippen molar-refractivity contribution in [2.75, 3.05) is 38.2 Å². The average Bonchev–Trinajstić information content (AvgIpc) is 3.32. The maximum absolute atomic E-state index is 12.9. The Hall–Kier alpha value is -2.66. The molecule has 0 aliphatic carbocycles. The molecule has 2 aliphatic heterocycles. The van der Waals surface area contributed by atoms with Gasteiger partial charge in [-0.3, -0.25) is 9.59 Å². The molecule has 2 N–H and O–H groups in total. The van der Waals surface area contributed by atoms with Gasteiger partial charge in [0.05, 0.1) is 23.2 Å². The van der Waals surface area contributed by atoms with Crippen molar-refractivity contribution >= 4 is 39.1 Å². The topological polar surface area (TPSA) is 114 Å². The number of halogens is 1. The fraction of sp³-hybridized carbons (Fsp3) is 0.364. The van der Waals surface area contributed by atoms with E-state index in [0.717, 1.165) is 17.1 Å². The Morgan fingerprint density at radius 1 is 1.27 bits per heavy atom. The number of anilines is 1. The predicted octanol–water partition coefficient (Wildman–Crippen LogP) is 2.27. The summed E-state index contributed by atoms with van der Waals surface area (Å²) in [6.45, 7) is 1.20. The number of nitrogens with zero attached hydrogens (tertiary/aromatic N) is 1. The van der Waals surface area contributed by atoms with E-state index in [9.17, 15) is 18.0 Å². The molecule has 2 aromatic rings. The van der Waals surface area contributed by atoms with E-state index in [1.54, 1.807) is 18.2 Å². The molecule has 1 unspecified atom stereocenters. The number of benzene rings is 2. The highest BCUT2D eigenvalue weighted by atomic mass is 35.5. The molecule has 176 valence electrons. The normalized spacial score (nSPS) is 19.2. The number of hydrogen-bond donors (Lipinski definition) is 2. The lowest BCUT2D eigenvalue weighted by Gasteiger charge is -2.26. The summed E-state index contributed by atoms with van der Waals surface area (Å²) < 4.78 is 38.4. The van der Waals surface area contributed by atoms with E-state index >= 15 is 0 Å². The maximum Gasteiger partial charge on any atom is 0.255 e. The highest BCUT2D eigenvalue weighted by molar-refractivity contribution is 7.89. The standard InChI is InChI=1S/C22H24ClN3O6S/c23-16-6-7-20(32-14-17-4-2-10-31-17)19(12-16)25-22(28)15-3-1-5-18(11-15)33(29,30)26-9-8-24-21(27)13-26/h1,3,5-7,11-12,17H,2,4,8-10,13-14H2,(H,24,27)(H,25,28). The number of carbonyl (C=O) groups excluding carboxylic acids is 2. The molecule has 0 saturated carbocycles. The minimum absolute atomic E-state index is 0.00277. The molecule has 2 heterocycles. The van der Waals surface area contributed by atoms with Crippen LogP contribution in [-0.4, -0.2) is 63.5 Å². The monoisotopic (exact) mass is 493 g/mol. The zero-order valence-corrected chi connectivity index (χ0v) is 19.3. The zero-order chi connectivity index (χ0) is 23.4. The second-order valence-electron chi connectivity index (χ2n) is 7.76. The number of nitrogens with one attached hydrogen (secondary N) is 2. The fourth-order valence-electron chi connectivity index (χ4n) is 3.65. The van der Waals surface area contributed by atoms with Gasteiger partial charge >= 0.3 is 0 Å². The van der Waals surface area contributed by atoms with Crippen molar-refractivity contribution in [3.63, 3.8) is 0 Å². The fourth-order valence-corrected chi connectivity index (χ4v) is 5.26. The first kappa shape index (κ1) is 23.5. The van der Waals surface area contributed by atoms with Gasteiger partial charge < -0.3 is 20.1 Å². The lowest BCUT2D eigenvalue weighted by Crippen LogP contribution is -2.49. The third-order valence-corrected chi connectivity index (χ3v) is 7.45. The first-order chi connectivity index (χ1) is 15.8. The number of rotatable bonds is 7. The van der Waals surface area contributed by atoms with Crippen molar-refractivity contribution in [1.82, 2.24) is 9.62 Å². The number of sulfonamides is 1. The molecular formula is C22H24ClN3O6S. The van der Waals surface area contributed by atoms with E-state index in [0.29, 0.717) is 29.7 Å². The van der Waals surface area contributed by atoms with Crippen LogP contribution < -0.4 is 15.4 Å². The van der Waals surface area contributed by atoms with E-state index in [4.69, 9.17) is 21.1 Å². The summed E-state index contributed by atoms with van der Waals surface area (Å²) in [7, 11) is -3.92. The van der Waals surface area contributed by atoms with Gasteiger partial charge in [-0.15, -0.1) is 0 Å². The number of ether oxygens (including phenoxy) is 2. The molecule has 2 saturated heterocycles. The van der Waals surface area contributed by atoms with Crippen LogP contribution in [0.2, 0.25) is 5.02 Å². The number of carbonyl (C=O) groups is 2. The van der Waals surface area contributed by atoms with Crippen molar-refractivity contribution in [3.05, 3.63) is 53.1 Å². The van der Waals surface area contributed by atoms with Gasteiger partial charge in [0.1, 0.15) is 12.4 Å². The van der Waals surface area contributed by atoms with Crippen molar-refractivity contribution in [2.45, 2.75) is 23.8 Å². The maximum atomic E-state index is 12.9. The molecule has 0 radical (unpaired) electrons. The van der Waals surface area contributed by atoms with Gasteiger partial charge in [-0.25, -0.2) is 8.42 Å². The summed E-state index contributed by atoms with van der Waals surface area (Å²) in [5.74, 6) is -0.450. The van der Waals surface area contributed by atoms with E-state index in [1.165, 1.54) is 24.3 Å². The lowest BCUT2D eigenvalue weighted by molar-refractivity contribution is -0.122. The Kier molecular flexibility index (Phi) is 7.18. The van der Waals surface area contributed by atoms with Gasteiger partial charge in [0.25, 0.3) is 5.91 Å². The molecule has 2 aliphatic rings. The van der Waals surface area contributed by atoms with Crippen molar-refractivity contribution in [2.24, 2.45) is 0 Å². The minimum atomic E-state index is -3.92. The second-order valence-corrected chi connectivity index (χ2v) is 10.1. The number of amides is 2. The minimum Gasteiger partial charge on any atom is -0.489 e. The van der Waals surface area contributed by atoms with Crippen molar-refractivity contribution in [3.8, 4) is 5.75 Å². The second kappa shape index (κ2) is 10.1. The van der Waals surface area contributed by atoms with Crippen LogP contribution >= 0.6 is 11.6 Å². The molecule has 4 rings (SSSR count). The Labute approximate surface area is 197 Å². The Balaban J connectivity index is 1.51. The molecule has 11 heteroatoms. The van der Waals surface area contributed by atoms with Gasteiger partial charge in [0.15, 0.2) is 0 Å². The summed E-state index contributed by atoms with van der Waals surface area (Å²) in [6.07, 6.45) is 1.90. The van der Waals surface area contributed by atoms with Gasteiger partial charge in [0, 0.05) is 30.3 Å². The van der Waals surface area contributed by atoms with Crippen LogP contribution in [0.1, 0.15) is 23.2 Å². The summed E-state index contributed by atoms with van der Waals surface area (Å²) >= 11 is 6.11. The van der Waals surface area contributed by atoms with Crippen LogP contribution in [0.5, 0.6) is 5.75 Å². The van der Waals surface area contributed by atoms with Crippen LogP contribution in [0, 0.1) is 0 Å². The van der Waals surface area contributed by atoms with Crippen LogP contribution in [0.3, 0.4) is 0 Å². The molecule has 2 aromatic carbocycles. The zero-order valence-electron chi connectivity index (χ0n) is 17.8. The lowest BCUT2D eigenvalue weighted by atomic mass is 10.2. The molecule has 33 heavy (non-hydrogen) atoms. The van der Waals surface area contributed by atoms with Gasteiger partial charge in [-0.05, 0) is 49.2 Å². The van der Waals surface area contributed by atoms with Crippen LogP contribution in [0.25, 0.3) is 0 Å². The summed E-state index contributed by atoms with van der Waals surface area (Å²) in [5, 5.41) is 5.75. The van der Waals surface area contributed by atoms with Crippen LogP contribution in [0.15, 0.2) is 47.4 Å². The SMILES string of the molecule is O=C1CN(S(=O)(=O)c2cccc(C(=O)Nc3cc(Cl)ccc3OCC3CCCO3)c2)CCN1. The first-order valence-corrected chi connectivity index (χ1v) is 12.4. The highest BCUT2D eigenvalue weighted by Gasteiger charge is 2.29. The van der Waals surface area contributed by atoms with Crippen LogP contribution in [-0.2, 0) is 19.6 Å². The molecule has 1 atom stereocenters. The first-order valence-electron chi connectivity index (χ1n) is 10.5. The van der Waals surface area contributed by atoms with E-state index < -0.39 is 15.9 Å². The van der Waals surface area contributed by atoms with Gasteiger partial charge in [0.2, 0.25) is 15.9 Å². The summed E-state index contributed by atoms with van der Waals surface area (Å²) in [5.41, 5.74) is 0.508. The summed E-state index contributed by atoms with van der Waals surface area (Å²) in [6, 6.07) is 10.6. The molecule has 2 fully saturated rings. The third kappa shape index (κ3) is 5.64. The Bertz CT molecular complexity index is 1150. The van der Waals surface area contributed by atoms with Crippen molar-refractivity contribution < 1.29 is 27.5 Å². The Morgan fingerprint density at radius 2 is 2.12 bits per heavy atom.